The molecule has 2 bridgehead atoms. The van der Waals surface area contributed by atoms with Crippen LogP contribution in [0.25, 0.3) is 0 Å². The zero-order valence-electron chi connectivity index (χ0n) is 14.2. The molecule has 0 aromatic heterocycles. The minimum atomic E-state index is -0.0990. The summed E-state index contributed by atoms with van der Waals surface area (Å²) in [5, 5.41) is 3.64. The molecule has 3 atom stereocenters. The Morgan fingerprint density at radius 3 is 2.67 bits per heavy atom. The van der Waals surface area contributed by atoms with Gasteiger partial charge in [0, 0.05) is 25.6 Å². The Hall–Kier alpha value is -1.75. The summed E-state index contributed by atoms with van der Waals surface area (Å²) in [7, 11) is 1.88. The molecule has 130 valence electrons. The van der Waals surface area contributed by atoms with Gasteiger partial charge in [-0.3, -0.25) is 4.79 Å². The average molecular weight is 330 g/mol. The largest absolute Gasteiger partial charge is 0.486 e. The number of piperidine rings is 1. The highest BCUT2D eigenvalue weighted by Gasteiger charge is 2.35. The predicted octanol–water partition coefficient (Wildman–Crippen LogP) is 2.21. The van der Waals surface area contributed by atoms with Crippen molar-refractivity contribution < 1.29 is 14.3 Å². The molecule has 2 saturated heterocycles. The fourth-order valence-corrected chi connectivity index (χ4v) is 4.30. The summed E-state index contributed by atoms with van der Waals surface area (Å²) in [5.74, 6) is 2.31. The molecular formula is C19H26N2O3. The lowest BCUT2D eigenvalue weighted by molar-refractivity contribution is -0.132. The van der Waals surface area contributed by atoms with Crippen LogP contribution < -0.4 is 14.8 Å². The molecule has 0 radical (unpaired) electrons. The molecule has 1 aromatic rings. The Labute approximate surface area is 143 Å². The van der Waals surface area contributed by atoms with E-state index in [1.54, 1.807) is 0 Å². The molecule has 5 heteroatoms. The quantitative estimate of drug-likeness (QED) is 0.920. The Bertz CT molecular complexity index is 594. The van der Waals surface area contributed by atoms with Crippen LogP contribution in [0.15, 0.2) is 24.3 Å². The number of carbonyl (C=O) groups is 1. The van der Waals surface area contributed by atoms with Crippen LogP contribution in [0.1, 0.15) is 32.1 Å². The number of hydrogen-bond acceptors (Lipinski definition) is 4. The smallest absolute Gasteiger partial charge is 0.222 e. The van der Waals surface area contributed by atoms with Crippen molar-refractivity contribution in [2.24, 2.45) is 5.92 Å². The molecule has 3 aliphatic heterocycles. The van der Waals surface area contributed by atoms with Gasteiger partial charge in [0.2, 0.25) is 5.91 Å². The molecule has 5 nitrogen and oxygen atoms in total. The van der Waals surface area contributed by atoms with Crippen molar-refractivity contribution in [3.05, 3.63) is 24.3 Å². The van der Waals surface area contributed by atoms with Crippen LogP contribution in [-0.4, -0.2) is 49.2 Å². The Balaban J connectivity index is 1.28. The monoisotopic (exact) mass is 330 g/mol. The summed E-state index contributed by atoms with van der Waals surface area (Å²) in [6, 6.07) is 8.96. The Kier molecular flexibility index (Phi) is 4.35. The minimum Gasteiger partial charge on any atom is -0.486 e. The van der Waals surface area contributed by atoms with Crippen molar-refractivity contribution >= 4 is 5.91 Å². The van der Waals surface area contributed by atoms with E-state index in [0.29, 0.717) is 37.6 Å². The SMILES string of the molecule is CN(CC1COc2ccccc2O1)C(=O)CC1CC2CCC(C1)N2. The van der Waals surface area contributed by atoms with Gasteiger partial charge in [0.05, 0.1) is 6.54 Å². The van der Waals surface area contributed by atoms with Gasteiger partial charge in [-0.15, -0.1) is 0 Å². The summed E-state index contributed by atoms with van der Waals surface area (Å²) in [6.45, 7) is 1.07. The van der Waals surface area contributed by atoms with Crippen molar-refractivity contribution in [1.29, 1.82) is 0 Å². The van der Waals surface area contributed by atoms with E-state index in [9.17, 15) is 4.79 Å². The second-order valence-corrected chi connectivity index (χ2v) is 7.45. The summed E-state index contributed by atoms with van der Waals surface area (Å²) >= 11 is 0. The maximum Gasteiger partial charge on any atom is 0.222 e. The third-order valence-electron chi connectivity index (χ3n) is 5.50. The van der Waals surface area contributed by atoms with Crippen molar-refractivity contribution in [1.82, 2.24) is 10.2 Å². The molecule has 1 aromatic carbocycles. The van der Waals surface area contributed by atoms with E-state index in [1.807, 2.05) is 36.2 Å². The first-order valence-electron chi connectivity index (χ1n) is 9.06. The van der Waals surface area contributed by atoms with E-state index in [0.717, 1.165) is 24.3 Å². The van der Waals surface area contributed by atoms with Crippen LogP contribution >= 0.6 is 0 Å². The fourth-order valence-electron chi connectivity index (χ4n) is 4.30. The molecule has 0 saturated carbocycles. The summed E-state index contributed by atoms with van der Waals surface area (Å²) in [4.78, 5) is 14.4. The second-order valence-electron chi connectivity index (χ2n) is 7.45. The number of fused-ring (bicyclic) bond motifs is 3. The molecule has 4 rings (SSSR count). The number of carbonyl (C=O) groups excluding carboxylic acids is 1. The molecule has 3 aliphatic rings. The van der Waals surface area contributed by atoms with Gasteiger partial charge in [-0.05, 0) is 43.7 Å². The van der Waals surface area contributed by atoms with Gasteiger partial charge in [-0.25, -0.2) is 0 Å². The number of nitrogens with one attached hydrogen (secondary N) is 1. The number of benzene rings is 1. The van der Waals surface area contributed by atoms with Crippen molar-refractivity contribution in [3.8, 4) is 11.5 Å². The molecule has 0 spiro atoms. The van der Waals surface area contributed by atoms with Crippen LogP contribution in [0.2, 0.25) is 0 Å². The number of para-hydroxylation sites is 2. The maximum atomic E-state index is 12.6. The van der Waals surface area contributed by atoms with Crippen molar-refractivity contribution in [3.63, 3.8) is 0 Å². The van der Waals surface area contributed by atoms with Crippen molar-refractivity contribution in [2.75, 3.05) is 20.2 Å². The normalized spacial score (nSPS) is 30.9. The zero-order chi connectivity index (χ0) is 16.5. The zero-order valence-corrected chi connectivity index (χ0v) is 14.2. The standard InChI is InChI=1S/C19H26N2O3/c1-21(11-16-12-23-17-4-2-3-5-18(17)24-16)19(22)10-13-8-14-6-7-15(9-13)20-14/h2-5,13-16,20H,6-12H2,1H3. The minimum absolute atomic E-state index is 0.0990. The van der Waals surface area contributed by atoms with Gasteiger partial charge in [-0.2, -0.15) is 0 Å². The Morgan fingerprint density at radius 2 is 1.92 bits per heavy atom. The maximum absolute atomic E-state index is 12.6. The molecule has 2 fully saturated rings. The summed E-state index contributed by atoms with van der Waals surface area (Å²) in [5.41, 5.74) is 0. The van der Waals surface area contributed by atoms with Gasteiger partial charge >= 0.3 is 0 Å². The third-order valence-corrected chi connectivity index (χ3v) is 5.50. The number of rotatable bonds is 4. The lowest BCUT2D eigenvalue weighted by Gasteiger charge is -2.32. The first kappa shape index (κ1) is 15.8. The van der Waals surface area contributed by atoms with E-state index in [1.165, 1.54) is 12.8 Å². The Morgan fingerprint density at radius 1 is 1.21 bits per heavy atom. The van der Waals surface area contributed by atoms with Crippen LogP contribution in [-0.2, 0) is 4.79 Å². The van der Waals surface area contributed by atoms with E-state index in [4.69, 9.17) is 9.47 Å². The van der Waals surface area contributed by atoms with Crippen LogP contribution in [0, 0.1) is 5.92 Å². The number of hydrogen-bond donors (Lipinski definition) is 1. The molecule has 3 unspecified atom stereocenters. The highest BCUT2D eigenvalue weighted by molar-refractivity contribution is 5.76. The second kappa shape index (κ2) is 6.63. The molecule has 24 heavy (non-hydrogen) atoms. The molecule has 1 N–H and O–H groups in total. The van der Waals surface area contributed by atoms with Gasteiger partial charge in [-0.1, -0.05) is 12.1 Å². The fraction of sp³-hybridized carbons (Fsp3) is 0.632. The lowest BCUT2D eigenvalue weighted by Crippen LogP contribution is -2.43. The van der Waals surface area contributed by atoms with Gasteiger partial charge in [0.25, 0.3) is 0 Å². The third kappa shape index (κ3) is 3.36. The molecular weight excluding hydrogens is 304 g/mol. The van der Waals surface area contributed by atoms with Gasteiger partial charge < -0.3 is 19.7 Å². The van der Waals surface area contributed by atoms with E-state index >= 15 is 0 Å². The highest BCUT2D eigenvalue weighted by Crippen LogP contribution is 2.33. The van der Waals surface area contributed by atoms with E-state index in [-0.39, 0.29) is 12.0 Å². The van der Waals surface area contributed by atoms with Crippen LogP contribution in [0.5, 0.6) is 11.5 Å². The molecule has 0 aliphatic carbocycles. The number of amides is 1. The molecule has 1 amide bonds. The summed E-state index contributed by atoms with van der Waals surface area (Å²) < 4.78 is 11.7. The van der Waals surface area contributed by atoms with Gasteiger partial charge in [0.1, 0.15) is 6.61 Å². The number of ether oxygens (including phenoxy) is 2. The first-order chi connectivity index (χ1) is 11.7. The highest BCUT2D eigenvalue weighted by atomic mass is 16.6. The van der Waals surface area contributed by atoms with Gasteiger partial charge in [0.15, 0.2) is 17.6 Å². The lowest BCUT2D eigenvalue weighted by atomic mass is 9.89. The van der Waals surface area contributed by atoms with Crippen molar-refractivity contribution in [2.45, 2.75) is 50.3 Å². The average Bonchev–Trinajstić information content (AvgIpc) is 2.93. The summed E-state index contributed by atoms with van der Waals surface area (Å²) in [6.07, 6.45) is 5.40. The van der Waals surface area contributed by atoms with Crippen LogP contribution in [0.4, 0.5) is 0 Å². The molecule has 3 heterocycles. The predicted molar refractivity (Wildman–Crippen MR) is 91.3 cm³/mol. The first-order valence-corrected chi connectivity index (χ1v) is 9.06. The number of likely N-dealkylation sites (N-methyl/N-ethyl adjacent to an activating group) is 1. The van der Waals surface area contributed by atoms with E-state index < -0.39 is 0 Å². The topological polar surface area (TPSA) is 50.8 Å². The number of nitrogens with zero attached hydrogens (tertiary/aromatic N) is 1. The van der Waals surface area contributed by atoms with E-state index in [2.05, 4.69) is 5.32 Å². The van der Waals surface area contributed by atoms with Crippen LogP contribution in [0.3, 0.4) is 0 Å².